The van der Waals surface area contributed by atoms with Crippen LogP contribution in [0.15, 0.2) is 35.7 Å². The lowest BCUT2D eigenvalue weighted by atomic mass is 10.2. The first-order chi connectivity index (χ1) is 10.6. The minimum absolute atomic E-state index is 0.729. The van der Waals surface area contributed by atoms with E-state index in [1.807, 2.05) is 39.1 Å². The second kappa shape index (κ2) is 7.82. The normalized spacial score (nSPS) is 9.77. The summed E-state index contributed by atoms with van der Waals surface area (Å²) in [6, 6.07) is 9.10. The van der Waals surface area contributed by atoms with E-state index in [2.05, 4.69) is 20.7 Å². The number of aldehydes is 1. The van der Waals surface area contributed by atoms with Crippen molar-refractivity contribution in [1.29, 1.82) is 0 Å². The predicted molar refractivity (Wildman–Crippen MR) is 94.1 cm³/mol. The van der Waals surface area contributed by atoms with Gasteiger partial charge in [0.2, 0.25) is 0 Å². The van der Waals surface area contributed by atoms with Crippen molar-refractivity contribution in [3.63, 3.8) is 0 Å². The van der Waals surface area contributed by atoms with Crippen LogP contribution in [0.5, 0.6) is 0 Å². The van der Waals surface area contributed by atoms with Crippen molar-refractivity contribution in [1.82, 2.24) is 9.97 Å². The summed E-state index contributed by atoms with van der Waals surface area (Å²) in [4.78, 5) is 20.0. The Balaban J connectivity index is 0.000000188. The molecule has 1 N–H and O–H groups in total. The molecular formula is C16H17N3OS2. The maximum Gasteiger partial charge on any atom is 0.182 e. The van der Waals surface area contributed by atoms with Gasteiger partial charge in [-0.2, -0.15) is 0 Å². The Kier molecular flexibility index (Phi) is 5.80. The first-order valence-electron chi connectivity index (χ1n) is 6.72. The van der Waals surface area contributed by atoms with Gasteiger partial charge in [-0.25, -0.2) is 9.97 Å². The molecule has 2 aromatic heterocycles. The smallest absolute Gasteiger partial charge is 0.182 e. The molecule has 6 heteroatoms. The maximum atomic E-state index is 10.0. The molecule has 0 saturated heterocycles. The van der Waals surface area contributed by atoms with Crippen LogP contribution in [0.3, 0.4) is 0 Å². The third-order valence-electron chi connectivity index (χ3n) is 2.79. The molecule has 0 bridgehead atoms. The third kappa shape index (κ3) is 4.22. The van der Waals surface area contributed by atoms with Crippen molar-refractivity contribution >= 4 is 34.1 Å². The number of nitrogens with zero attached hydrogens (tertiary/aromatic N) is 2. The van der Waals surface area contributed by atoms with Gasteiger partial charge >= 0.3 is 0 Å². The van der Waals surface area contributed by atoms with Crippen molar-refractivity contribution in [2.75, 3.05) is 12.4 Å². The van der Waals surface area contributed by atoms with E-state index in [0.29, 0.717) is 0 Å². The van der Waals surface area contributed by atoms with Gasteiger partial charge in [0, 0.05) is 18.0 Å². The number of hydrogen-bond donors (Lipinski definition) is 1. The molecule has 3 aromatic rings. The van der Waals surface area contributed by atoms with Crippen LogP contribution in [0.2, 0.25) is 0 Å². The largest absolute Gasteiger partial charge is 0.365 e. The Morgan fingerprint density at radius 3 is 2.32 bits per heavy atom. The van der Waals surface area contributed by atoms with Crippen LogP contribution in [-0.2, 0) is 0 Å². The van der Waals surface area contributed by atoms with Crippen LogP contribution >= 0.6 is 22.7 Å². The van der Waals surface area contributed by atoms with Crippen LogP contribution in [0.25, 0.3) is 10.6 Å². The van der Waals surface area contributed by atoms with Crippen molar-refractivity contribution < 1.29 is 4.79 Å². The Morgan fingerprint density at radius 2 is 1.86 bits per heavy atom. The van der Waals surface area contributed by atoms with Crippen LogP contribution < -0.4 is 5.32 Å². The fourth-order valence-corrected chi connectivity index (χ4v) is 3.41. The molecule has 0 unspecified atom stereocenters. The molecule has 0 aliphatic carbocycles. The quantitative estimate of drug-likeness (QED) is 0.722. The van der Waals surface area contributed by atoms with Crippen LogP contribution in [-0.4, -0.2) is 23.3 Å². The highest BCUT2D eigenvalue weighted by molar-refractivity contribution is 7.16. The Bertz CT molecular complexity index is 735. The number of aryl methyl sites for hydroxylation is 2. The average Bonchev–Trinajstić information content (AvgIpc) is 3.14. The molecule has 2 heterocycles. The van der Waals surface area contributed by atoms with Gasteiger partial charge in [0.1, 0.15) is 6.29 Å². The van der Waals surface area contributed by atoms with E-state index in [1.165, 1.54) is 4.88 Å². The highest BCUT2D eigenvalue weighted by Gasteiger charge is 2.10. The maximum absolute atomic E-state index is 10.0. The lowest BCUT2D eigenvalue weighted by Gasteiger charge is -1.91. The zero-order valence-electron chi connectivity index (χ0n) is 12.7. The Morgan fingerprint density at radius 1 is 1.14 bits per heavy atom. The molecule has 0 spiro atoms. The highest BCUT2D eigenvalue weighted by Crippen LogP contribution is 2.31. The van der Waals surface area contributed by atoms with E-state index in [-0.39, 0.29) is 0 Å². The van der Waals surface area contributed by atoms with Crippen molar-refractivity contribution in [3.05, 3.63) is 52.0 Å². The minimum atomic E-state index is 0.729. The fraction of sp³-hybridized carbons (Fsp3) is 0.188. The second-order valence-electron chi connectivity index (χ2n) is 4.46. The number of hydrogen-bond acceptors (Lipinski definition) is 6. The molecule has 0 aliphatic heterocycles. The first kappa shape index (κ1) is 16.3. The first-order valence-corrected chi connectivity index (χ1v) is 8.41. The molecular weight excluding hydrogens is 314 g/mol. The number of carbonyl (C=O) groups excluding carboxylic acids is 1. The van der Waals surface area contributed by atoms with Crippen molar-refractivity contribution in [2.24, 2.45) is 0 Å². The summed E-state index contributed by atoms with van der Waals surface area (Å²) in [5.41, 5.74) is 2.83. The lowest BCUT2D eigenvalue weighted by molar-refractivity contribution is 0.112. The van der Waals surface area contributed by atoms with Gasteiger partial charge in [0.15, 0.2) is 5.13 Å². The van der Waals surface area contributed by atoms with Crippen LogP contribution in [0.4, 0.5) is 5.13 Å². The summed E-state index contributed by atoms with van der Waals surface area (Å²) in [6.45, 7) is 4.05. The molecule has 114 valence electrons. The van der Waals surface area contributed by atoms with E-state index in [9.17, 15) is 4.79 Å². The summed E-state index contributed by atoms with van der Waals surface area (Å²) < 4.78 is 0. The molecule has 0 fully saturated rings. The van der Waals surface area contributed by atoms with E-state index in [1.54, 1.807) is 34.8 Å². The van der Waals surface area contributed by atoms with Crippen LogP contribution in [0, 0.1) is 13.8 Å². The molecule has 0 amide bonds. The number of rotatable bonds is 3. The van der Waals surface area contributed by atoms with Gasteiger partial charge in [0.05, 0.1) is 21.3 Å². The summed E-state index contributed by atoms with van der Waals surface area (Å²) >= 11 is 3.32. The van der Waals surface area contributed by atoms with Gasteiger partial charge in [-0.1, -0.05) is 30.3 Å². The molecule has 3 rings (SSSR count). The zero-order chi connectivity index (χ0) is 15.9. The fourth-order valence-electron chi connectivity index (χ4n) is 1.79. The minimum Gasteiger partial charge on any atom is -0.365 e. The number of aromatic nitrogens is 2. The average molecular weight is 331 g/mol. The standard InChI is InChI=1S/C9H11N3S2.C7H6O/c1-5-8(14-6(2)11-5)7-4-13-9(10-3)12-7;8-6-7-4-2-1-3-5-7/h4H,1-3H3,(H,10,12);1-6H. The van der Waals surface area contributed by atoms with E-state index in [0.717, 1.165) is 33.4 Å². The van der Waals surface area contributed by atoms with Gasteiger partial charge in [-0.05, 0) is 13.8 Å². The predicted octanol–water partition coefficient (Wildman–Crippen LogP) is 4.42. The topological polar surface area (TPSA) is 54.9 Å². The molecule has 22 heavy (non-hydrogen) atoms. The Labute approximate surface area is 137 Å². The van der Waals surface area contributed by atoms with E-state index >= 15 is 0 Å². The molecule has 0 saturated carbocycles. The van der Waals surface area contributed by atoms with E-state index < -0.39 is 0 Å². The van der Waals surface area contributed by atoms with Gasteiger partial charge < -0.3 is 5.32 Å². The van der Waals surface area contributed by atoms with E-state index in [4.69, 9.17) is 0 Å². The van der Waals surface area contributed by atoms with Gasteiger partial charge in [-0.3, -0.25) is 4.79 Å². The van der Waals surface area contributed by atoms with Gasteiger partial charge in [-0.15, -0.1) is 22.7 Å². The van der Waals surface area contributed by atoms with Crippen molar-refractivity contribution in [2.45, 2.75) is 13.8 Å². The summed E-state index contributed by atoms with van der Waals surface area (Å²) in [7, 11) is 1.88. The zero-order valence-corrected chi connectivity index (χ0v) is 14.3. The summed E-state index contributed by atoms with van der Waals surface area (Å²) in [5.74, 6) is 0. The lowest BCUT2D eigenvalue weighted by Crippen LogP contribution is -1.85. The van der Waals surface area contributed by atoms with Crippen molar-refractivity contribution in [3.8, 4) is 10.6 Å². The number of benzene rings is 1. The summed E-state index contributed by atoms with van der Waals surface area (Å²) in [5, 5.41) is 7.14. The third-order valence-corrected chi connectivity index (χ3v) is 4.75. The molecule has 0 atom stereocenters. The number of carbonyl (C=O) groups is 1. The number of nitrogens with one attached hydrogen (secondary N) is 1. The summed E-state index contributed by atoms with van der Waals surface area (Å²) in [6.07, 6.45) is 0.833. The molecule has 1 aromatic carbocycles. The Hall–Kier alpha value is -2.05. The molecule has 0 radical (unpaired) electrons. The van der Waals surface area contributed by atoms with Gasteiger partial charge in [0.25, 0.3) is 0 Å². The second-order valence-corrected chi connectivity index (χ2v) is 6.53. The monoisotopic (exact) mass is 331 g/mol. The number of anilines is 1. The SMILES string of the molecule is CNc1nc(-c2sc(C)nc2C)cs1.O=Cc1ccccc1. The molecule has 4 nitrogen and oxygen atoms in total. The molecule has 0 aliphatic rings. The van der Waals surface area contributed by atoms with Crippen LogP contribution in [0.1, 0.15) is 21.1 Å². The number of thiazole rings is 2. The highest BCUT2D eigenvalue weighted by atomic mass is 32.1.